The molecule has 0 aliphatic heterocycles. The summed E-state index contributed by atoms with van der Waals surface area (Å²) in [6, 6.07) is 13.8. The fraction of sp³-hybridized carbons (Fsp3) is 0.364. The molecule has 0 atom stereocenters. The van der Waals surface area contributed by atoms with Crippen molar-refractivity contribution < 1.29 is 14.2 Å². The Morgan fingerprint density at radius 3 is 2.34 bits per heavy atom. The lowest BCUT2D eigenvalue weighted by Crippen LogP contribution is -2.09. The minimum Gasteiger partial charge on any atom is -0.493 e. The smallest absolute Gasteiger partial charge is 0.191 e. The Hall–Kier alpha value is -2.67. The van der Waals surface area contributed by atoms with Gasteiger partial charge in [-0.15, -0.1) is 10.2 Å². The number of hydrogen-bond acceptors (Lipinski definition) is 6. The van der Waals surface area contributed by atoms with Gasteiger partial charge in [0.2, 0.25) is 0 Å². The van der Waals surface area contributed by atoms with Crippen molar-refractivity contribution in [1.82, 2.24) is 14.8 Å². The standard InChI is InChI=1S/C22H27N3O3S/c1-5-25-20(15-28-21-16(2)9-8-10-17(21)3)23-24-22(25)29-14-13-27-19-12-7-6-11-18(19)26-4/h6-12H,5,13-15H2,1-4H3. The number of aryl methyl sites for hydroxylation is 2. The first-order valence-corrected chi connectivity index (χ1v) is 10.6. The predicted octanol–water partition coefficient (Wildman–Crippen LogP) is 4.67. The second kappa shape index (κ2) is 10.2. The summed E-state index contributed by atoms with van der Waals surface area (Å²) >= 11 is 1.62. The van der Waals surface area contributed by atoms with Crippen molar-refractivity contribution in [2.45, 2.75) is 39.1 Å². The van der Waals surface area contributed by atoms with Crippen molar-refractivity contribution in [1.29, 1.82) is 0 Å². The Morgan fingerprint density at radius 1 is 0.931 bits per heavy atom. The largest absolute Gasteiger partial charge is 0.493 e. The van der Waals surface area contributed by atoms with E-state index < -0.39 is 0 Å². The van der Waals surface area contributed by atoms with Crippen LogP contribution in [0.15, 0.2) is 47.6 Å². The number of aromatic nitrogens is 3. The molecule has 0 aliphatic rings. The van der Waals surface area contributed by atoms with Gasteiger partial charge >= 0.3 is 0 Å². The van der Waals surface area contributed by atoms with Crippen LogP contribution < -0.4 is 14.2 Å². The van der Waals surface area contributed by atoms with E-state index in [1.807, 2.05) is 30.3 Å². The molecule has 0 amide bonds. The zero-order valence-electron chi connectivity index (χ0n) is 17.3. The molecule has 0 saturated heterocycles. The molecule has 2 aromatic carbocycles. The van der Waals surface area contributed by atoms with Gasteiger partial charge in [-0.25, -0.2) is 0 Å². The van der Waals surface area contributed by atoms with Crippen LogP contribution >= 0.6 is 11.8 Å². The molecule has 3 aromatic rings. The summed E-state index contributed by atoms with van der Waals surface area (Å²) in [7, 11) is 1.64. The van der Waals surface area contributed by atoms with Gasteiger partial charge in [0.1, 0.15) is 12.4 Å². The summed E-state index contributed by atoms with van der Waals surface area (Å²) in [4.78, 5) is 0. The van der Waals surface area contributed by atoms with E-state index >= 15 is 0 Å². The van der Waals surface area contributed by atoms with Crippen molar-refractivity contribution in [3.8, 4) is 17.2 Å². The maximum atomic E-state index is 6.05. The Balaban J connectivity index is 1.56. The maximum Gasteiger partial charge on any atom is 0.191 e. The van der Waals surface area contributed by atoms with E-state index in [1.54, 1.807) is 18.9 Å². The Morgan fingerprint density at radius 2 is 1.66 bits per heavy atom. The number of rotatable bonds is 10. The molecule has 29 heavy (non-hydrogen) atoms. The van der Waals surface area contributed by atoms with Gasteiger partial charge in [0.15, 0.2) is 22.5 Å². The Labute approximate surface area is 176 Å². The zero-order valence-corrected chi connectivity index (χ0v) is 18.2. The van der Waals surface area contributed by atoms with Crippen molar-refractivity contribution in [3.05, 3.63) is 59.4 Å². The molecular formula is C22H27N3O3S. The van der Waals surface area contributed by atoms with E-state index in [4.69, 9.17) is 14.2 Å². The molecule has 0 radical (unpaired) electrons. The van der Waals surface area contributed by atoms with Gasteiger partial charge in [-0.2, -0.15) is 0 Å². The Bertz CT molecular complexity index is 923. The van der Waals surface area contributed by atoms with Crippen LogP contribution in [0.25, 0.3) is 0 Å². The molecule has 7 heteroatoms. The third kappa shape index (κ3) is 5.23. The lowest BCUT2D eigenvalue weighted by atomic mass is 10.1. The SMILES string of the molecule is CCn1c(COc2c(C)cccc2C)nnc1SCCOc1ccccc1OC. The molecule has 0 spiro atoms. The number of ether oxygens (including phenoxy) is 3. The molecule has 0 bridgehead atoms. The number of para-hydroxylation sites is 3. The van der Waals surface area contributed by atoms with Crippen LogP contribution in [0, 0.1) is 13.8 Å². The van der Waals surface area contributed by atoms with Crippen LogP contribution in [-0.2, 0) is 13.2 Å². The van der Waals surface area contributed by atoms with Gasteiger partial charge in [0, 0.05) is 12.3 Å². The number of hydrogen-bond donors (Lipinski definition) is 0. The highest BCUT2D eigenvalue weighted by molar-refractivity contribution is 7.99. The average Bonchev–Trinajstić information content (AvgIpc) is 3.12. The lowest BCUT2D eigenvalue weighted by molar-refractivity contribution is 0.284. The van der Waals surface area contributed by atoms with Crippen LogP contribution in [0.1, 0.15) is 23.9 Å². The third-order valence-corrected chi connectivity index (χ3v) is 5.44. The Kier molecular flexibility index (Phi) is 7.41. The highest BCUT2D eigenvalue weighted by atomic mass is 32.2. The first-order valence-electron chi connectivity index (χ1n) is 9.63. The molecule has 0 fully saturated rings. The van der Waals surface area contributed by atoms with Gasteiger partial charge in [-0.05, 0) is 44.0 Å². The van der Waals surface area contributed by atoms with Gasteiger partial charge in [-0.1, -0.05) is 42.1 Å². The van der Waals surface area contributed by atoms with E-state index in [2.05, 4.69) is 47.7 Å². The van der Waals surface area contributed by atoms with Gasteiger partial charge < -0.3 is 18.8 Å². The molecular weight excluding hydrogens is 386 g/mol. The molecule has 1 aromatic heterocycles. The number of benzene rings is 2. The van der Waals surface area contributed by atoms with Gasteiger partial charge in [0.25, 0.3) is 0 Å². The number of methoxy groups -OCH3 is 1. The molecule has 0 unspecified atom stereocenters. The minimum atomic E-state index is 0.394. The average molecular weight is 414 g/mol. The lowest BCUT2D eigenvalue weighted by Gasteiger charge is -2.13. The van der Waals surface area contributed by atoms with Crippen molar-refractivity contribution >= 4 is 11.8 Å². The van der Waals surface area contributed by atoms with Crippen LogP contribution in [0.2, 0.25) is 0 Å². The summed E-state index contributed by atoms with van der Waals surface area (Å²) in [6.07, 6.45) is 0. The van der Waals surface area contributed by atoms with E-state index in [1.165, 1.54) is 0 Å². The van der Waals surface area contributed by atoms with E-state index in [0.29, 0.717) is 13.2 Å². The summed E-state index contributed by atoms with van der Waals surface area (Å²) in [6.45, 7) is 7.92. The molecule has 1 heterocycles. The second-order valence-corrected chi connectivity index (χ2v) is 7.56. The van der Waals surface area contributed by atoms with E-state index in [9.17, 15) is 0 Å². The van der Waals surface area contributed by atoms with Gasteiger partial charge in [-0.3, -0.25) is 0 Å². The first-order chi connectivity index (χ1) is 14.1. The van der Waals surface area contributed by atoms with E-state index in [-0.39, 0.29) is 0 Å². The molecule has 3 rings (SSSR count). The summed E-state index contributed by atoms with van der Waals surface area (Å²) in [5, 5.41) is 9.54. The quantitative estimate of drug-likeness (QED) is 0.355. The summed E-state index contributed by atoms with van der Waals surface area (Å²) in [5.74, 6) is 3.98. The monoisotopic (exact) mass is 413 g/mol. The number of nitrogens with zero attached hydrogens (tertiary/aromatic N) is 3. The highest BCUT2D eigenvalue weighted by Gasteiger charge is 2.13. The second-order valence-electron chi connectivity index (χ2n) is 6.50. The summed E-state index contributed by atoms with van der Waals surface area (Å²) in [5.41, 5.74) is 2.24. The van der Waals surface area contributed by atoms with E-state index in [0.717, 1.165) is 51.7 Å². The number of thioether (sulfide) groups is 1. The first kappa shape index (κ1) is 21.0. The van der Waals surface area contributed by atoms with Crippen LogP contribution in [0.5, 0.6) is 17.2 Å². The fourth-order valence-corrected chi connectivity index (χ4v) is 3.87. The van der Waals surface area contributed by atoms with Crippen LogP contribution in [0.3, 0.4) is 0 Å². The van der Waals surface area contributed by atoms with Crippen LogP contribution in [-0.4, -0.2) is 34.2 Å². The molecule has 154 valence electrons. The van der Waals surface area contributed by atoms with Crippen molar-refractivity contribution in [2.75, 3.05) is 19.5 Å². The van der Waals surface area contributed by atoms with Crippen molar-refractivity contribution in [2.24, 2.45) is 0 Å². The maximum absolute atomic E-state index is 6.05. The zero-order chi connectivity index (χ0) is 20.6. The molecule has 0 saturated carbocycles. The fourth-order valence-electron chi connectivity index (χ4n) is 3.04. The van der Waals surface area contributed by atoms with Crippen LogP contribution in [0.4, 0.5) is 0 Å². The topological polar surface area (TPSA) is 58.4 Å². The van der Waals surface area contributed by atoms with Gasteiger partial charge in [0.05, 0.1) is 13.7 Å². The highest BCUT2D eigenvalue weighted by Crippen LogP contribution is 2.27. The molecule has 0 aliphatic carbocycles. The molecule has 6 nitrogen and oxygen atoms in total. The third-order valence-electron chi connectivity index (χ3n) is 4.51. The minimum absolute atomic E-state index is 0.394. The van der Waals surface area contributed by atoms with Crippen molar-refractivity contribution in [3.63, 3.8) is 0 Å². The normalized spacial score (nSPS) is 10.8. The summed E-state index contributed by atoms with van der Waals surface area (Å²) < 4.78 is 19.3. The predicted molar refractivity (Wildman–Crippen MR) is 115 cm³/mol. The molecule has 0 N–H and O–H groups in total.